The van der Waals surface area contributed by atoms with E-state index < -0.39 is 11.7 Å². The van der Waals surface area contributed by atoms with E-state index in [9.17, 15) is 14.0 Å². The first-order valence-corrected chi connectivity index (χ1v) is 9.08. The van der Waals surface area contributed by atoms with Crippen LogP contribution in [0.4, 0.5) is 4.39 Å². The number of nitrogens with one attached hydrogen (secondary N) is 2. The molecule has 3 atom stereocenters. The number of amides is 2. The van der Waals surface area contributed by atoms with Gasteiger partial charge in [0, 0.05) is 19.5 Å². The fraction of sp³-hybridized carbons (Fsp3) is 0.500. The van der Waals surface area contributed by atoms with E-state index in [4.69, 9.17) is 0 Å². The maximum atomic E-state index is 13.5. The molecule has 25 heavy (non-hydrogen) atoms. The molecule has 0 aromatic heterocycles. The van der Waals surface area contributed by atoms with Crippen LogP contribution in [0, 0.1) is 29.0 Å². The number of rotatable bonds is 6. The molecular weight excluding hydrogens is 319 g/mol. The molecule has 1 aromatic carbocycles. The van der Waals surface area contributed by atoms with Crippen LogP contribution in [0.3, 0.4) is 0 Å². The smallest absolute Gasteiger partial charge is 0.254 e. The summed E-state index contributed by atoms with van der Waals surface area (Å²) in [6.07, 6.45) is 8.79. The predicted molar refractivity (Wildman–Crippen MR) is 92.3 cm³/mol. The van der Waals surface area contributed by atoms with Crippen LogP contribution in [0.2, 0.25) is 0 Å². The average Bonchev–Trinajstić information content (AvgIpc) is 3.27. The normalized spacial score (nSPS) is 27.5. The number of halogens is 1. The molecule has 0 saturated heterocycles. The van der Waals surface area contributed by atoms with Gasteiger partial charge in [0.25, 0.3) is 5.91 Å². The summed E-state index contributed by atoms with van der Waals surface area (Å²) in [6.45, 7) is 0.924. The zero-order valence-corrected chi connectivity index (χ0v) is 14.1. The lowest BCUT2D eigenvalue weighted by Crippen LogP contribution is -2.34. The fourth-order valence-corrected chi connectivity index (χ4v) is 4.72. The molecule has 2 N–H and O–H groups in total. The molecule has 2 bridgehead atoms. The summed E-state index contributed by atoms with van der Waals surface area (Å²) in [4.78, 5) is 23.9. The van der Waals surface area contributed by atoms with E-state index in [1.165, 1.54) is 37.5 Å². The van der Waals surface area contributed by atoms with Gasteiger partial charge >= 0.3 is 0 Å². The van der Waals surface area contributed by atoms with Gasteiger partial charge in [0.15, 0.2) is 0 Å². The van der Waals surface area contributed by atoms with Gasteiger partial charge in [0.05, 0.1) is 5.56 Å². The molecule has 1 aromatic rings. The third-order valence-corrected chi connectivity index (χ3v) is 6.16. The Balaban J connectivity index is 1.18. The van der Waals surface area contributed by atoms with E-state index in [0.717, 1.165) is 5.92 Å². The number of hydrogen-bond donors (Lipinski definition) is 2. The third kappa shape index (κ3) is 2.96. The summed E-state index contributed by atoms with van der Waals surface area (Å²) < 4.78 is 13.5. The molecular formula is C20H23FN2O2. The largest absolute Gasteiger partial charge is 0.356 e. The third-order valence-electron chi connectivity index (χ3n) is 6.16. The molecule has 0 radical (unpaired) electrons. The van der Waals surface area contributed by atoms with Gasteiger partial charge < -0.3 is 10.6 Å². The number of carbonyl (C=O) groups is 2. The highest BCUT2D eigenvalue weighted by Crippen LogP contribution is 2.69. The number of carbonyl (C=O) groups excluding carboxylic acids is 2. The van der Waals surface area contributed by atoms with E-state index >= 15 is 0 Å². The highest BCUT2D eigenvalue weighted by molar-refractivity contribution is 5.94. The summed E-state index contributed by atoms with van der Waals surface area (Å²) in [6, 6.07) is 5.83. The van der Waals surface area contributed by atoms with Crippen LogP contribution in [0.1, 0.15) is 36.0 Å². The maximum Gasteiger partial charge on any atom is 0.254 e. The molecule has 5 heteroatoms. The Morgan fingerprint density at radius 3 is 2.68 bits per heavy atom. The number of hydrogen-bond acceptors (Lipinski definition) is 2. The molecule has 0 aliphatic heterocycles. The molecule has 1 spiro atoms. The molecule has 4 nitrogen and oxygen atoms in total. The predicted octanol–water partition coefficient (Wildman–Crippen LogP) is 2.66. The quantitative estimate of drug-likeness (QED) is 0.781. The van der Waals surface area contributed by atoms with Gasteiger partial charge in [-0.25, -0.2) is 4.39 Å². The van der Waals surface area contributed by atoms with Gasteiger partial charge in [-0.15, -0.1) is 0 Å². The zero-order valence-electron chi connectivity index (χ0n) is 14.1. The minimum absolute atomic E-state index is 0.00593. The minimum atomic E-state index is -0.553. The highest BCUT2D eigenvalue weighted by Gasteiger charge is 2.62. The van der Waals surface area contributed by atoms with Crippen molar-refractivity contribution in [3.8, 4) is 0 Å². The van der Waals surface area contributed by atoms with Crippen LogP contribution in [0.5, 0.6) is 0 Å². The monoisotopic (exact) mass is 342 g/mol. The van der Waals surface area contributed by atoms with Crippen molar-refractivity contribution in [1.29, 1.82) is 0 Å². The van der Waals surface area contributed by atoms with E-state index in [-0.39, 0.29) is 24.4 Å². The molecule has 2 saturated carbocycles. The first-order chi connectivity index (χ1) is 12.1. The van der Waals surface area contributed by atoms with Crippen molar-refractivity contribution in [1.82, 2.24) is 10.6 Å². The molecule has 2 amide bonds. The molecule has 0 heterocycles. The molecule has 3 aliphatic rings. The van der Waals surface area contributed by atoms with E-state index in [0.29, 0.717) is 23.8 Å². The van der Waals surface area contributed by atoms with Crippen molar-refractivity contribution >= 4 is 11.8 Å². The Bertz CT molecular complexity index is 726. The fourth-order valence-electron chi connectivity index (χ4n) is 4.72. The van der Waals surface area contributed by atoms with Crippen molar-refractivity contribution in [2.24, 2.45) is 23.2 Å². The summed E-state index contributed by atoms with van der Waals surface area (Å²) in [5.74, 6) is 0.806. The van der Waals surface area contributed by atoms with Crippen LogP contribution in [-0.4, -0.2) is 24.9 Å². The average molecular weight is 342 g/mol. The van der Waals surface area contributed by atoms with Crippen molar-refractivity contribution in [2.75, 3.05) is 13.1 Å². The Hall–Kier alpha value is -2.17. The first kappa shape index (κ1) is 16.3. The lowest BCUT2D eigenvalue weighted by Gasteiger charge is -2.20. The van der Waals surface area contributed by atoms with Crippen molar-refractivity contribution in [3.05, 3.63) is 47.8 Å². The lowest BCUT2D eigenvalue weighted by molar-refractivity contribution is -0.121. The summed E-state index contributed by atoms with van der Waals surface area (Å²) in [7, 11) is 0. The Kier molecular flexibility index (Phi) is 4.10. The van der Waals surface area contributed by atoms with Crippen LogP contribution < -0.4 is 10.6 Å². The second-order valence-electron chi connectivity index (χ2n) is 7.54. The number of benzene rings is 1. The van der Waals surface area contributed by atoms with Gasteiger partial charge in [0.1, 0.15) is 5.82 Å². The zero-order chi connectivity index (χ0) is 17.4. The van der Waals surface area contributed by atoms with Crippen molar-refractivity contribution < 1.29 is 14.0 Å². The van der Waals surface area contributed by atoms with Crippen molar-refractivity contribution in [2.45, 2.75) is 25.7 Å². The topological polar surface area (TPSA) is 58.2 Å². The second-order valence-corrected chi connectivity index (χ2v) is 7.54. The Morgan fingerprint density at radius 2 is 1.96 bits per heavy atom. The maximum absolute atomic E-state index is 13.5. The first-order valence-electron chi connectivity index (χ1n) is 9.08. The molecule has 132 valence electrons. The minimum Gasteiger partial charge on any atom is -0.356 e. The Morgan fingerprint density at radius 1 is 1.16 bits per heavy atom. The molecule has 2 fully saturated rings. The highest BCUT2D eigenvalue weighted by atomic mass is 19.1. The lowest BCUT2D eigenvalue weighted by atomic mass is 9.89. The van der Waals surface area contributed by atoms with Crippen LogP contribution in [0.15, 0.2) is 36.4 Å². The summed E-state index contributed by atoms with van der Waals surface area (Å²) in [5.41, 5.74) is 0.551. The van der Waals surface area contributed by atoms with E-state index in [1.807, 2.05) is 0 Å². The SMILES string of the molecule is O=C(CCNC(=O)c1ccccc1F)NC[C@@H]1C[C@@H]2C=C[C@H]1C21CC1. The Labute approximate surface area is 146 Å². The summed E-state index contributed by atoms with van der Waals surface area (Å²) in [5, 5.41) is 5.60. The molecule has 3 aliphatic carbocycles. The summed E-state index contributed by atoms with van der Waals surface area (Å²) >= 11 is 0. The van der Waals surface area contributed by atoms with Crippen LogP contribution >= 0.6 is 0 Å². The van der Waals surface area contributed by atoms with Gasteiger partial charge in [-0.1, -0.05) is 24.3 Å². The van der Waals surface area contributed by atoms with Crippen LogP contribution in [-0.2, 0) is 4.79 Å². The van der Waals surface area contributed by atoms with E-state index in [1.54, 1.807) is 6.07 Å². The molecule has 0 unspecified atom stereocenters. The molecule has 4 rings (SSSR count). The standard InChI is InChI=1S/C20H23FN2O2/c21-17-4-2-1-3-15(17)19(25)22-10-7-18(24)23-12-13-11-14-5-6-16(13)20(14)8-9-20/h1-6,13-14,16H,7-12H2,(H,22,25)(H,23,24)/t13-,14-,16+/m0/s1. The van der Waals surface area contributed by atoms with Gasteiger partial charge in [-0.3, -0.25) is 9.59 Å². The van der Waals surface area contributed by atoms with E-state index in [2.05, 4.69) is 22.8 Å². The van der Waals surface area contributed by atoms with Gasteiger partial charge in [-0.05, 0) is 54.6 Å². The van der Waals surface area contributed by atoms with Gasteiger partial charge in [0.2, 0.25) is 5.91 Å². The second kappa shape index (κ2) is 6.28. The van der Waals surface area contributed by atoms with Crippen molar-refractivity contribution in [3.63, 3.8) is 0 Å². The van der Waals surface area contributed by atoms with Gasteiger partial charge in [-0.2, -0.15) is 0 Å². The number of allylic oxidation sites excluding steroid dienone is 2. The van der Waals surface area contributed by atoms with Crippen LogP contribution in [0.25, 0.3) is 0 Å².